The van der Waals surface area contributed by atoms with Crippen LogP contribution in [0.5, 0.6) is 0 Å². The molecule has 0 aliphatic heterocycles. The van der Waals surface area contributed by atoms with E-state index in [9.17, 15) is 9.59 Å². The second kappa shape index (κ2) is 6.12. The molecule has 6 heteroatoms. The number of fused-ring (bicyclic) bond motifs is 1. The fraction of sp³-hybridized carbons (Fsp3) is 0.200. The summed E-state index contributed by atoms with van der Waals surface area (Å²) in [5.41, 5.74) is 0.750. The molecule has 0 fully saturated rings. The van der Waals surface area contributed by atoms with Gasteiger partial charge >= 0.3 is 0 Å². The van der Waals surface area contributed by atoms with E-state index in [1.807, 2.05) is 12.1 Å². The van der Waals surface area contributed by atoms with Crippen LogP contribution in [-0.2, 0) is 9.53 Å². The summed E-state index contributed by atoms with van der Waals surface area (Å²) in [7, 11) is 0. The number of rotatable bonds is 2. The Morgan fingerprint density at radius 3 is 2.75 bits per heavy atom. The van der Waals surface area contributed by atoms with Crippen LogP contribution in [0.25, 0.3) is 10.9 Å². The third-order valence-corrected chi connectivity index (χ3v) is 2.26. The first-order chi connectivity index (χ1) is 7.69. The molecule has 86 valence electrons. The van der Waals surface area contributed by atoms with Crippen molar-refractivity contribution in [1.29, 1.82) is 0 Å². The molecule has 0 aliphatic carbocycles. The van der Waals surface area contributed by atoms with E-state index in [4.69, 9.17) is 0 Å². The molecule has 0 aliphatic rings. The van der Waals surface area contributed by atoms with E-state index in [2.05, 4.69) is 30.9 Å². The highest BCUT2D eigenvalue weighted by Crippen LogP contribution is 2.14. The van der Waals surface area contributed by atoms with E-state index in [0.29, 0.717) is 18.5 Å². The van der Waals surface area contributed by atoms with Crippen molar-refractivity contribution in [3.8, 4) is 0 Å². The lowest BCUT2D eigenvalue weighted by atomic mass is 10.3. The Kier molecular flexibility index (Phi) is 4.78. The zero-order valence-electron chi connectivity index (χ0n) is 8.62. The normalized spacial score (nSPS) is 9.38. The van der Waals surface area contributed by atoms with Crippen molar-refractivity contribution in [2.45, 2.75) is 6.92 Å². The van der Waals surface area contributed by atoms with Gasteiger partial charge in [-0.2, -0.15) is 0 Å². The van der Waals surface area contributed by atoms with E-state index < -0.39 is 0 Å². The van der Waals surface area contributed by atoms with E-state index in [1.54, 1.807) is 13.0 Å². The lowest BCUT2D eigenvalue weighted by Gasteiger charge is -1.87. The van der Waals surface area contributed by atoms with Gasteiger partial charge in [-0.1, -0.05) is 15.9 Å². The molecule has 0 atom stereocenters. The van der Waals surface area contributed by atoms with Gasteiger partial charge in [0.2, 0.25) is 0 Å². The molecule has 0 amide bonds. The SMILES string of the molecule is CCOC=O.O=c1[nH][nH]c2ccc(Br)cc12. The number of benzene rings is 1. The summed E-state index contributed by atoms with van der Waals surface area (Å²) >= 11 is 3.28. The minimum Gasteiger partial charge on any atom is -0.468 e. The van der Waals surface area contributed by atoms with Crippen LogP contribution in [0.4, 0.5) is 0 Å². The number of aromatic amines is 2. The first kappa shape index (κ1) is 12.5. The van der Waals surface area contributed by atoms with Crippen molar-refractivity contribution in [2.75, 3.05) is 6.61 Å². The number of nitrogens with one attached hydrogen (secondary N) is 2. The number of carbonyl (C=O) groups excluding carboxylic acids is 1. The molecule has 0 saturated carbocycles. The summed E-state index contributed by atoms with van der Waals surface area (Å²) in [6.45, 7) is 2.66. The smallest absolute Gasteiger partial charge is 0.293 e. The van der Waals surface area contributed by atoms with Crippen LogP contribution in [-0.4, -0.2) is 23.3 Å². The summed E-state index contributed by atoms with van der Waals surface area (Å²) in [4.78, 5) is 20.2. The number of ether oxygens (including phenoxy) is 1. The van der Waals surface area contributed by atoms with E-state index in [0.717, 1.165) is 9.99 Å². The molecule has 0 bridgehead atoms. The average Bonchev–Trinajstić information content (AvgIpc) is 2.63. The number of hydrogen-bond acceptors (Lipinski definition) is 3. The van der Waals surface area contributed by atoms with Gasteiger partial charge in [-0.25, -0.2) is 0 Å². The van der Waals surface area contributed by atoms with Crippen LogP contribution in [0.1, 0.15) is 6.92 Å². The van der Waals surface area contributed by atoms with Crippen LogP contribution in [0.15, 0.2) is 27.5 Å². The standard InChI is InChI=1S/C7H5BrN2O.C3H6O2/c8-4-1-2-6-5(3-4)7(11)10-9-6;1-2-5-3-4/h1-3H,(H2,9,10,11);3H,2H2,1H3. The number of halogens is 1. The van der Waals surface area contributed by atoms with E-state index in [-0.39, 0.29) is 5.56 Å². The van der Waals surface area contributed by atoms with Gasteiger partial charge < -0.3 is 4.74 Å². The molecule has 5 nitrogen and oxygen atoms in total. The second-order valence-electron chi connectivity index (χ2n) is 2.82. The maximum absolute atomic E-state index is 11.0. The highest BCUT2D eigenvalue weighted by Gasteiger charge is 1.98. The van der Waals surface area contributed by atoms with Crippen LogP contribution < -0.4 is 5.56 Å². The lowest BCUT2D eigenvalue weighted by Crippen LogP contribution is -1.96. The van der Waals surface area contributed by atoms with Crippen molar-refractivity contribution < 1.29 is 9.53 Å². The Labute approximate surface area is 99.9 Å². The Morgan fingerprint density at radius 1 is 1.44 bits per heavy atom. The number of H-pyrrole nitrogens is 2. The summed E-state index contributed by atoms with van der Waals surface area (Å²) in [5.74, 6) is 0. The number of aromatic nitrogens is 2. The summed E-state index contributed by atoms with van der Waals surface area (Å²) in [6, 6.07) is 5.51. The average molecular weight is 287 g/mol. The van der Waals surface area contributed by atoms with Gasteiger partial charge in [-0.3, -0.25) is 19.8 Å². The molecular formula is C10H11BrN2O3. The molecule has 0 unspecified atom stereocenters. The van der Waals surface area contributed by atoms with Gasteiger partial charge in [0, 0.05) is 4.47 Å². The minimum atomic E-state index is -0.0821. The van der Waals surface area contributed by atoms with Gasteiger partial charge in [0.15, 0.2) is 0 Å². The van der Waals surface area contributed by atoms with Crippen molar-refractivity contribution in [3.63, 3.8) is 0 Å². The molecule has 1 aromatic heterocycles. The fourth-order valence-corrected chi connectivity index (χ4v) is 1.43. The fourth-order valence-electron chi connectivity index (χ4n) is 1.07. The van der Waals surface area contributed by atoms with Gasteiger partial charge in [0.05, 0.1) is 17.5 Å². The van der Waals surface area contributed by atoms with Crippen molar-refractivity contribution >= 4 is 33.3 Å². The van der Waals surface area contributed by atoms with Crippen LogP contribution in [0.2, 0.25) is 0 Å². The maximum Gasteiger partial charge on any atom is 0.293 e. The Balaban J connectivity index is 0.000000221. The van der Waals surface area contributed by atoms with E-state index in [1.165, 1.54) is 0 Å². The first-order valence-electron chi connectivity index (χ1n) is 4.60. The number of hydrogen-bond donors (Lipinski definition) is 2. The third kappa shape index (κ3) is 3.23. The van der Waals surface area contributed by atoms with E-state index >= 15 is 0 Å². The second-order valence-corrected chi connectivity index (χ2v) is 3.74. The largest absolute Gasteiger partial charge is 0.468 e. The first-order valence-corrected chi connectivity index (χ1v) is 5.39. The zero-order valence-corrected chi connectivity index (χ0v) is 10.2. The molecule has 0 spiro atoms. The molecule has 2 rings (SSSR count). The highest BCUT2D eigenvalue weighted by molar-refractivity contribution is 9.10. The molecule has 1 aromatic carbocycles. The van der Waals surface area contributed by atoms with Gasteiger partial charge in [-0.15, -0.1) is 0 Å². The van der Waals surface area contributed by atoms with Crippen LogP contribution >= 0.6 is 15.9 Å². The zero-order chi connectivity index (χ0) is 12.0. The molecule has 1 heterocycles. The van der Waals surface area contributed by atoms with Gasteiger partial charge in [0.25, 0.3) is 12.0 Å². The molecule has 0 radical (unpaired) electrons. The van der Waals surface area contributed by atoms with Crippen LogP contribution in [0.3, 0.4) is 0 Å². The topological polar surface area (TPSA) is 75.0 Å². The summed E-state index contributed by atoms with van der Waals surface area (Å²) < 4.78 is 5.06. The summed E-state index contributed by atoms with van der Waals surface area (Å²) in [6.07, 6.45) is 0. The Bertz CT molecular complexity index is 518. The molecule has 0 saturated heterocycles. The predicted molar refractivity (Wildman–Crippen MR) is 64.3 cm³/mol. The van der Waals surface area contributed by atoms with Crippen LogP contribution in [0, 0.1) is 0 Å². The monoisotopic (exact) mass is 286 g/mol. The van der Waals surface area contributed by atoms with Crippen molar-refractivity contribution in [1.82, 2.24) is 10.2 Å². The Hall–Kier alpha value is -1.56. The Morgan fingerprint density at radius 2 is 2.19 bits per heavy atom. The predicted octanol–water partition coefficient (Wildman–Crippen LogP) is 1.80. The third-order valence-electron chi connectivity index (χ3n) is 1.77. The number of carbonyl (C=O) groups is 1. The van der Waals surface area contributed by atoms with Gasteiger partial charge in [-0.05, 0) is 25.1 Å². The molecular weight excluding hydrogens is 276 g/mol. The molecule has 2 N–H and O–H groups in total. The molecule has 16 heavy (non-hydrogen) atoms. The van der Waals surface area contributed by atoms with Crippen molar-refractivity contribution in [3.05, 3.63) is 33.0 Å². The van der Waals surface area contributed by atoms with Gasteiger partial charge in [0.1, 0.15) is 0 Å². The maximum atomic E-state index is 11.0. The quantitative estimate of drug-likeness (QED) is 0.827. The molecule has 2 aromatic rings. The minimum absolute atomic E-state index is 0.0821. The summed E-state index contributed by atoms with van der Waals surface area (Å²) in [5, 5.41) is 5.94. The highest BCUT2D eigenvalue weighted by atomic mass is 79.9. The van der Waals surface area contributed by atoms with Crippen molar-refractivity contribution in [2.24, 2.45) is 0 Å². The lowest BCUT2D eigenvalue weighted by molar-refractivity contribution is -0.128.